The second kappa shape index (κ2) is 6.17. The molecule has 0 saturated heterocycles. The molecule has 1 aliphatic heterocycles. The Morgan fingerprint density at radius 3 is 1.64 bits per heavy atom. The average molecular weight is 360 g/mol. The first kappa shape index (κ1) is 14.9. The van der Waals surface area contributed by atoms with Gasteiger partial charge in [0.15, 0.2) is 0 Å². The van der Waals surface area contributed by atoms with Gasteiger partial charge in [-0.2, -0.15) is 0 Å². The van der Waals surface area contributed by atoms with Gasteiger partial charge in [0.25, 0.3) is 0 Å². The van der Waals surface area contributed by atoms with Crippen molar-refractivity contribution in [3.05, 3.63) is 104 Å². The first-order valence-corrected chi connectivity index (χ1v) is 10.2. The number of thiophene rings is 2. The maximum absolute atomic E-state index is 3.62. The predicted molar refractivity (Wildman–Crippen MR) is 108 cm³/mol. The molecule has 4 aromatic rings. The van der Waals surface area contributed by atoms with Crippen LogP contribution in [0.3, 0.4) is 0 Å². The zero-order valence-electron chi connectivity index (χ0n) is 13.6. The van der Waals surface area contributed by atoms with Crippen LogP contribution in [-0.2, 0) is 0 Å². The van der Waals surface area contributed by atoms with Crippen LogP contribution in [0.4, 0.5) is 11.4 Å². The number of hydrogen-bond donors (Lipinski definition) is 1. The summed E-state index contributed by atoms with van der Waals surface area (Å²) >= 11 is 3.72. The summed E-state index contributed by atoms with van der Waals surface area (Å²) in [6.07, 6.45) is 0. The summed E-state index contributed by atoms with van der Waals surface area (Å²) in [5.41, 5.74) is 5.22. The van der Waals surface area contributed by atoms with E-state index in [2.05, 4.69) is 88.9 Å². The Labute approximate surface area is 155 Å². The Kier molecular flexibility index (Phi) is 3.69. The van der Waals surface area contributed by atoms with Gasteiger partial charge in [-0.3, -0.25) is 0 Å². The first-order valence-electron chi connectivity index (χ1n) is 8.43. The maximum Gasteiger partial charge on any atom is 0.0423 e. The predicted octanol–water partition coefficient (Wildman–Crippen LogP) is 6.83. The Bertz CT molecular complexity index is 907. The lowest BCUT2D eigenvalue weighted by atomic mass is 9.76. The van der Waals surface area contributed by atoms with E-state index in [4.69, 9.17) is 0 Å². The molecule has 122 valence electrons. The van der Waals surface area contributed by atoms with Gasteiger partial charge < -0.3 is 5.32 Å². The molecule has 1 nitrogen and oxygen atoms in total. The molecule has 3 heteroatoms. The van der Waals surface area contributed by atoms with Gasteiger partial charge in [0.05, 0.1) is 0 Å². The van der Waals surface area contributed by atoms with Crippen LogP contribution in [0.2, 0.25) is 0 Å². The number of rotatable bonds is 3. The molecule has 2 aromatic heterocycles. The third kappa shape index (κ3) is 2.51. The van der Waals surface area contributed by atoms with Gasteiger partial charge in [-0.25, -0.2) is 0 Å². The third-order valence-corrected chi connectivity index (χ3v) is 6.80. The molecule has 25 heavy (non-hydrogen) atoms. The number of nitrogens with one attached hydrogen (secondary N) is 1. The second-order valence-corrected chi connectivity index (χ2v) is 8.24. The fourth-order valence-corrected chi connectivity index (χ4v) is 5.68. The molecule has 0 radical (unpaired) electrons. The van der Waals surface area contributed by atoms with Crippen LogP contribution in [0.15, 0.2) is 83.6 Å². The summed E-state index contributed by atoms with van der Waals surface area (Å²) in [5.74, 6) is 0.676. The third-order valence-electron chi connectivity index (χ3n) is 4.89. The van der Waals surface area contributed by atoms with Crippen LogP contribution in [-0.4, -0.2) is 0 Å². The largest absolute Gasteiger partial charge is 0.355 e. The maximum atomic E-state index is 3.62. The molecule has 3 heterocycles. The van der Waals surface area contributed by atoms with Crippen LogP contribution in [0, 0.1) is 0 Å². The summed E-state index contributed by atoms with van der Waals surface area (Å²) in [6, 6.07) is 26.4. The molecule has 0 atom stereocenters. The van der Waals surface area contributed by atoms with Crippen molar-refractivity contribution in [2.45, 2.75) is 11.8 Å². The average Bonchev–Trinajstić information content (AvgIpc) is 3.36. The zero-order chi connectivity index (χ0) is 16.6. The smallest absolute Gasteiger partial charge is 0.0423 e. The minimum atomic E-state index is 0.325. The molecule has 0 bridgehead atoms. The summed E-state index contributed by atoms with van der Waals surface area (Å²) in [6.45, 7) is 0. The molecule has 0 saturated carbocycles. The second-order valence-electron chi connectivity index (χ2n) is 6.29. The zero-order valence-corrected chi connectivity index (χ0v) is 15.2. The van der Waals surface area contributed by atoms with E-state index in [1.54, 1.807) is 0 Å². The lowest BCUT2D eigenvalue weighted by Gasteiger charge is -2.34. The van der Waals surface area contributed by atoms with E-state index in [0.29, 0.717) is 11.8 Å². The Morgan fingerprint density at radius 1 is 0.640 bits per heavy atom. The van der Waals surface area contributed by atoms with E-state index in [1.807, 2.05) is 22.7 Å². The number of anilines is 2. The highest BCUT2D eigenvalue weighted by atomic mass is 32.1. The molecule has 2 aromatic carbocycles. The van der Waals surface area contributed by atoms with Gasteiger partial charge in [-0.1, -0.05) is 48.5 Å². The van der Waals surface area contributed by atoms with Crippen molar-refractivity contribution in [2.75, 3.05) is 5.32 Å². The van der Waals surface area contributed by atoms with Gasteiger partial charge in [-0.05, 0) is 46.2 Å². The van der Waals surface area contributed by atoms with E-state index < -0.39 is 0 Å². The van der Waals surface area contributed by atoms with E-state index in [1.165, 1.54) is 32.3 Å². The summed E-state index contributed by atoms with van der Waals surface area (Å²) in [7, 11) is 0. The molecule has 5 rings (SSSR count). The van der Waals surface area contributed by atoms with Gasteiger partial charge >= 0.3 is 0 Å². The van der Waals surface area contributed by atoms with Crippen molar-refractivity contribution >= 4 is 34.0 Å². The lowest BCUT2D eigenvalue weighted by Crippen LogP contribution is -2.19. The summed E-state index contributed by atoms with van der Waals surface area (Å²) < 4.78 is 0. The number of fused-ring (bicyclic) bond motifs is 2. The number of benzene rings is 2. The normalized spacial score (nSPS) is 13.3. The molecular formula is C22H17NS2. The molecule has 0 spiro atoms. The van der Waals surface area contributed by atoms with Gasteiger partial charge in [0.1, 0.15) is 0 Å². The highest BCUT2D eigenvalue weighted by molar-refractivity contribution is 7.11. The van der Waals surface area contributed by atoms with Crippen LogP contribution >= 0.6 is 22.7 Å². The van der Waals surface area contributed by atoms with Crippen molar-refractivity contribution in [1.29, 1.82) is 0 Å². The molecule has 1 N–H and O–H groups in total. The highest BCUT2D eigenvalue weighted by Gasteiger charge is 2.34. The van der Waals surface area contributed by atoms with Crippen molar-refractivity contribution in [1.82, 2.24) is 0 Å². The first-order chi connectivity index (χ1) is 12.4. The lowest BCUT2D eigenvalue weighted by molar-refractivity contribution is 0.713. The van der Waals surface area contributed by atoms with E-state index >= 15 is 0 Å². The number of hydrogen-bond acceptors (Lipinski definition) is 3. The van der Waals surface area contributed by atoms with Crippen LogP contribution in [0.1, 0.15) is 32.7 Å². The molecule has 1 aliphatic rings. The van der Waals surface area contributed by atoms with Crippen LogP contribution < -0.4 is 5.32 Å². The van der Waals surface area contributed by atoms with Crippen molar-refractivity contribution in [3.63, 3.8) is 0 Å². The highest BCUT2D eigenvalue weighted by Crippen LogP contribution is 2.51. The fourth-order valence-electron chi connectivity index (χ4n) is 3.84. The van der Waals surface area contributed by atoms with E-state index in [-0.39, 0.29) is 0 Å². The van der Waals surface area contributed by atoms with Gasteiger partial charge in [-0.15, -0.1) is 22.7 Å². The van der Waals surface area contributed by atoms with Crippen molar-refractivity contribution in [3.8, 4) is 0 Å². The van der Waals surface area contributed by atoms with Gasteiger partial charge in [0, 0.05) is 33.0 Å². The van der Waals surface area contributed by atoms with E-state index in [0.717, 1.165) is 0 Å². The topological polar surface area (TPSA) is 12.0 Å². The molecule has 0 unspecified atom stereocenters. The SMILES string of the molecule is c1csc(C(c2cccs2)C2c3ccccc3Nc3ccccc32)c1. The quantitative estimate of drug-likeness (QED) is 0.423. The fraction of sp³-hybridized carbons (Fsp3) is 0.0909. The molecule has 0 fully saturated rings. The van der Waals surface area contributed by atoms with Crippen LogP contribution in [0.5, 0.6) is 0 Å². The minimum absolute atomic E-state index is 0.325. The van der Waals surface area contributed by atoms with Crippen molar-refractivity contribution < 1.29 is 0 Å². The minimum Gasteiger partial charge on any atom is -0.355 e. The van der Waals surface area contributed by atoms with E-state index in [9.17, 15) is 0 Å². The van der Waals surface area contributed by atoms with Crippen molar-refractivity contribution in [2.24, 2.45) is 0 Å². The summed E-state index contributed by atoms with van der Waals surface area (Å²) in [5, 5.41) is 8.00. The monoisotopic (exact) mass is 359 g/mol. The standard InChI is InChI=1S/C22H17NS2/c1-3-9-17-15(7-1)21(16-8-2-4-10-18(16)23-17)22(19-11-5-13-24-19)20-12-6-14-25-20/h1-14,21-23H. The Morgan fingerprint density at radius 2 is 1.16 bits per heavy atom. The Balaban J connectivity index is 1.77. The molecular weight excluding hydrogens is 342 g/mol. The Hall–Kier alpha value is -2.36. The number of para-hydroxylation sites is 2. The van der Waals surface area contributed by atoms with Crippen LogP contribution in [0.25, 0.3) is 0 Å². The summed E-state index contributed by atoms with van der Waals surface area (Å²) in [4.78, 5) is 2.86. The van der Waals surface area contributed by atoms with Gasteiger partial charge in [0.2, 0.25) is 0 Å². The molecule has 0 aliphatic carbocycles. The molecule has 0 amide bonds.